The Balaban J connectivity index is 1.77. The van der Waals surface area contributed by atoms with Gasteiger partial charge < -0.3 is 15.2 Å². The molecule has 3 aromatic rings. The molecule has 0 atom stereocenters. The summed E-state index contributed by atoms with van der Waals surface area (Å²) in [6.45, 7) is 1.55. The van der Waals surface area contributed by atoms with Gasteiger partial charge in [-0.15, -0.1) is 0 Å². The van der Waals surface area contributed by atoms with Gasteiger partial charge in [0.05, 0.1) is 17.0 Å². The number of hydrogen-bond donors (Lipinski definition) is 2. The number of nitro groups is 1. The Bertz CT molecular complexity index is 1170. The van der Waals surface area contributed by atoms with E-state index in [2.05, 4.69) is 10.6 Å². The van der Waals surface area contributed by atoms with Crippen molar-refractivity contribution in [1.82, 2.24) is 4.57 Å². The van der Waals surface area contributed by atoms with Crippen LogP contribution < -0.4 is 16.2 Å². The maximum atomic E-state index is 12.6. The quantitative estimate of drug-likeness (QED) is 0.481. The minimum Gasteiger partial charge on any atom is -0.326 e. The number of rotatable bonds is 6. The zero-order valence-corrected chi connectivity index (χ0v) is 16.0. The molecule has 0 radical (unpaired) electrons. The van der Waals surface area contributed by atoms with Crippen LogP contribution in [0.1, 0.15) is 22.8 Å². The van der Waals surface area contributed by atoms with Crippen LogP contribution in [0, 0.1) is 10.1 Å². The SMILES string of the molecule is CC(=O)Nc1cccc(NC(=O)c2ccc(=O)n(Cc3ccc([N+](=O)[O-])cc3)c2)c1. The number of benzene rings is 2. The Morgan fingerprint density at radius 2 is 1.67 bits per heavy atom. The van der Waals surface area contributed by atoms with Gasteiger partial charge in [-0.25, -0.2) is 0 Å². The molecule has 0 fully saturated rings. The third-order valence-electron chi connectivity index (χ3n) is 4.19. The predicted octanol–water partition coefficient (Wildman–Crippen LogP) is 3.02. The molecule has 1 aromatic heterocycles. The molecule has 0 spiro atoms. The first-order valence-corrected chi connectivity index (χ1v) is 8.94. The number of nitrogens with zero attached hydrogens (tertiary/aromatic N) is 2. The fourth-order valence-corrected chi connectivity index (χ4v) is 2.79. The average molecular weight is 406 g/mol. The molecule has 0 saturated carbocycles. The Morgan fingerprint density at radius 3 is 2.30 bits per heavy atom. The highest BCUT2D eigenvalue weighted by Crippen LogP contribution is 2.16. The van der Waals surface area contributed by atoms with E-state index in [9.17, 15) is 24.5 Å². The number of carbonyl (C=O) groups is 2. The molecule has 0 aliphatic heterocycles. The third-order valence-corrected chi connectivity index (χ3v) is 4.19. The fraction of sp³-hybridized carbons (Fsp3) is 0.0952. The van der Waals surface area contributed by atoms with E-state index in [-0.39, 0.29) is 29.3 Å². The lowest BCUT2D eigenvalue weighted by Crippen LogP contribution is -2.22. The summed E-state index contributed by atoms with van der Waals surface area (Å²) in [6, 6.07) is 15.2. The summed E-state index contributed by atoms with van der Waals surface area (Å²) in [4.78, 5) is 46.2. The summed E-state index contributed by atoms with van der Waals surface area (Å²) < 4.78 is 1.35. The van der Waals surface area contributed by atoms with Crippen LogP contribution >= 0.6 is 0 Å². The molecule has 2 N–H and O–H groups in total. The third kappa shape index (κ3) is 5.16. The number of pyridine rings is 1. The van der Waals surface area contributed by atoms with Gasteiger partial charge in [0.25, 0.3) is 17.2 Å². The molecule has 30 heavy (non-hydrogen) atoms. The van der Waals surface area contributed by atoms with Gasteiger partial charge in [-0.3, -0.25) is 24.5 Å². The fourth-order valence-electron chi connectivity index (χ4n) is 2.79. The van der Waals surface area contributed by atoms with Crippen molar-refractivity contribution in [3.05, 3.63) is 98.5 Å². The Hall–Kier alpha value is -4.27. The van der Waals surface area contributed by atoms with Crippen LogP contribution in [-0.2, 0) is 11.3 Å². The lowest BCUT2D eigenvalue weighted by Gasteiger charge is -2.10. The van der Waals surface area contributed by atoms with Gasteiger partial charge in [0.15, 0.2) is 0 Å². The Labute approximate surface area is 171 Å². The molecule has 0 unspecified atom stereocenters. The lowest BCUT2D eigenvalue weighted by molar-refractivity contribution is -0.384. The lowest BCUT2D eigenvalue weighted by atomic mass is 10.2. The monoisotopic (exact) mass is 406 g/mol. The Morgan fingerprint density at radius 1 is 1.00 bits per heavy atom. The molecule has 9 heteroatoms. The summed E-state index contributed by atoms with van der Waals surface area (Å²) in [5.41, 5.74) is 1.63. The number of nitrogens with one attached hydrogen (secondary N) is 2. The predicted molar refractivity (Wildman–Crippen MR) is 112 cm³/mol. The van der Waals surface area contributed by atoms with E-state index in [0.717, 1.165) is 0 Å². The summed E-state index contributed by atoms with van der Waals surface area (Å²) in [6.07, 6.45) is 1.43. The minimum absolute atomic E-state index is 0.0410. The number of non-ortho nitro benzene ring substituents is 1. The molecular weight excluding hydrogens is 388 g/mol. The topological polar surface area (TPSA) is 123 Å². The van der Waals surface area contributed by atoms with E-state index in [1.807, 2.05) is 0 Å². The van der Waals surface area contributed by atoms with Gasteiger partial charge in [-0.2, -0.15) is 0 Å². The van der Waals surface area contributed by atoms with Crippen LogP contribution in [0.3, 0.4) is 0 Å². The number of amides is 2. The summed E-state index contributed by atoms with van der Waals surface area (Å²) in [5.74, 6) is -0.649. The zero-order valence-electron chi connectivity index (χ0n) is 16.0. The molecule has 152 valence electrons. The number of hydrogen-bond acceptors (Lipinski definition) is 5. The van der Waals surface area contributed by atoms with E-state index in [0.29, 0.717) is 16.9 Å². The molecule has 0 saturated heterocycles. The number of nitro benzene ring substituents is 1. The second-order valence-corrected chi connectivity index (χ2v) is 6.52. The molecule has 1 heterocycles. The van der Waals surface area contributed by atoms with Crippen molar-refractivity contribution >= 4 is 28.9 Å². The van der Waals surface area contributed by atoms with Crippen LogP contribution in [0.15, 0.2) is 71.7 Å². The first-order chi connectivity index (χ1) is 14.3. The van der Waals surface area contributed by atoms with Crippen LogP contribution in [0.5, 0.6) is 0 Å². The molecule has 2 aromatic carbocycles. The molecule has 0 aliphatic carbocycles. The molecule has 0 aliphatic rings. The average Bonchev–Trinajstić information content (AvgIpc) is 2.69. The van der Waals surface area contributed by atoms with Crippen molar-refractivity contribution in [2.24, 2.45) is 0 Å². The van der Waals surface area contributed by atoms with E-state index >= 15 is 0 Å². The van der Waals surface area contributed by atoms with Crippen molar-refractivity contribution in [3.63, 3.8) is 0 Å². The van der Waals surface area contributed by atoms with Gasteiger partial charge in [-0.05, 0) is 29.8 Å². The largest absolute Gasteiger partial charge is 0.326 e. The molecule has 0 bridgehead atoms. The standard InChI is InChI=1S/C21H18N4O5/c1-14(26)22-17-3-2-4-18(11-17)23-21(28)16-7-10-20(27)24(13-16)12-15-5-8-19(9-6-15)25(29)30/h2-11,13H,12H2,1H3,(H,22,26)(H,23,28). The van der Waals surface area contributed by atoms with Crippen molar-refractivity contribution in [3.8, 4) is 0 Å². The Kier molecular flexibility index (Phi) is 6.02. The molecule has 2 amide bonds. The second kappa shape index (κ2) is 8.82. The van der Waals surface area contributed by atoms with Crippen LogP contribution in [-0.4, -0.2) is 21.3 Å². The maximum absolute atomic E-state index is 12.6. The smallest absolute Gasteiger partial charge is 0.269 e. The van der Waals surface area contributed by atoms with E-state index in [1.165, 1.54) is 42.0 Å². The van der Waals surface area contributed by atoms with Gasteiger partial charge in [-0.1, -0.05) is 18.2 Å². The molecular formula is C21H18N4O5. The first kappa shape index (κ1) is 20.5. The first-order valence-electron chi connectivity index (χ1n) is 8.94. The van der Waals surface area contributed by atoms with E-state index in [1.54, 1.807) is 36.4 Å². The molecule has 9 nitrogen and oxygen atoms in total. The minimum atomic E-state index is -0.498. The summed E-state index contributed by atoms with van der Waals surface area (Å²) >= 11 is 0. The van der Waals surface area contributed by atoms with Crippen molar-refractivity contribution in [2.75, 3.05) is 10.6 Å². The van der Waals surface area contributed by atoms with E-state index in [4.69, 9.17) is 0 Å². The van der Waals surface area contributed by atoms with Crippen molar-refractivity contribution in [2.45, 2.75) is 13.5 Å². The zero-order chi connectivity index (χ0) is 21.7. The maximum Gasteiger partial charge on any atom is 0.269 e. The normalized spacial score (nSPS) is 10.3. The van der Waals surface area contributed by atoms with Crippen molar-refractivity contribution < 1.29 is 14.5 Å². The van der Waals surface area contributed by atoms with Crippen LogP contribution in [0.25, 0.3) is 0 Å². The summed E-state index contributed by atoms with van der Waals surface area (Å²) in [7, 11) is 0. The molecule has 3 rings (SSSR count). The van der Waals surface area contributed by atoms with Gasteiger partial charge in [0.1, 0.15) is 0 Å². The summed E-state index contributed by atoms with van der Waals surface area (Å²) in [5, 5.41) is 16.1. The van der Waals surface area contributed by atoms with Gasteiger partial charge in [0, 0.05) is 42.7 Å². The van der Waals surface area contributed by atoms with Crippen molar-refractivity contribution in [1.29, 1.82) is 0 Å². The second-order valence-electron chi connectivity index (χ2n) is 6.52. The van der Waals surface area contributed by atoms with Crippen LogP contribution in [0.4, 0.5) is 17.1 Å². The van der Waals surface area contributed by atoms with E-state index < -0.39 is 10.8 Å². The number of anilines is 2. The highest BCUT2D eigenvalue weighted by molar-refractivity contribution is 6.04. The number of carbonyl (C=O) groups excluding carboxylic acids is 2. The highest BCUT2D eigenvalue weighted by atomic mass is 16.6. The highest BCUT2D eigenvalue weighted by Gasteiger charge is 2.10. The number of aromatic nitrogens is 1. The van der Waals surface area contributed by atoms with Gasteiger partial charge >= 0.3 is 0 Å². The van der Waals surface area contributed by atoms with Gasteiger partial charge in [0.2, 0.25) is 5.91 Å². The van der Waals surface area contributed by atoms with Crippen LogP contribution in [0.2, 0.25) is 0 Å².